The number of aryl methyl sites for hydroxylation is 1. The van der Waals surface area contributed by atoms with Crippen LogP contribution in [0, 0.1) is 22.7 Å². The minimum Gasteiger partial charge on any atom is -0.373 e. The van der Waals surface area contributed by atoms with Gasteiger partial charge in [-0.05, 0) is 13.8 Å². The lowest BCUT2D eigenvalue weighted by Crippen LogP contribution is -2.37. The molecule has 0 bridgehead atoms. The van der Waals surface area contributed by atoms with Crippen LogP contribution in [0.15, 0.2) is 18.6 Å². The number of nitrogens with zero attached hydrogens (tertiary/aromatic N) is 5. The Morgan fingerprint density at radius 2 is 2.06 bits per heavy atom. The van der Waals surface area contributed by atoms with Crippen molar-refractivity contribution < 1.29 is 17.9 Å². The van der Waals surface area contributed by atoms with Crippen molar-refractivity contribution >= 4 is 38.9 Å². The van der Waals surface area contributed by atoms with Crippen LogP contribution in [-0.4, -0.2) is 71.1 Å². The van der Waals surface area contributed by atoms with E-state index in [0.29, 0.717) is 23.4 Å². The van der Waals surface area contributed by atoms with Crippen molar-refractivity contribution in [3.63, 3.8) is 0 Å². The number of rotatable bonds is 8. The molecule has 0 aromatic carbocycles. The Balaban J connectivity index is 1.41. The lowest BCUT2D eigenvalue weighted by Gasteiger charge is -2.20. The molecule has 0 spiro atoms. The maximum absolute atomic E-state index is 12.6. The third-order valence-corrected chi connectivity index (χ3v) is 7.91. The Hall–Kier alpha value is -2.46. The number of anilines is 3. The van der Waals surface area contributed by atoms with Gasteiger partial charge in [-0.25, -0.2) is 13.4 Å². The fraction of sp³-hybridized carbons (Fsp3) is 0.600. The van der Waals surface area contributed by atoms with E-state index in [9.17, 15) is 8.42 Å². The van der Waals surface area contributed by atoms with Gasteiger partial charge in [0.15, 0.2) is 15.7 Å². The smallest absolute Gasteiger partial charge is 0.229 e. The summed E-state index contributed by atoms with van der Waals surface area (Å²) in [5.74, 6) is 0.184. The maximum Gasteiger partial charge on any atom is 0.229 e. The van der Waals surface area contributed by atoms with Crippen molar-refractivity contribution in [3.05, 3.63) is 23.6 Å². The second kappa shape index (κ2) is 9.06. The van der Waals surface area contributed by atoms with Crippen molar-refractivity contribution in [1.82, 2.24) is 19.7 Å². The summed E-state index contributed by atoms with van der Waals surface area (Å²) in [5, 5.41) is 19.9. The van der Waals surface area contributed by atoms with Crippen molar-refractivity contribution in [1.29, 1.82) is 5.26 Å². The zero-order chi connectivity index (χ0) is 23.8. The van der Waals surface area contributed by atoms with Gasteiger partial charge in [-0.3, -0.25) is 4.68 Å². The Morgan fingerprint density at radius 1 is 1.30 bits per heavy atom. The Labute approximate surface area is 197 Å². The summed E-state index contributed by atoms with van der Waals surface area (Å²) in [6.07, 6.45) is 4.23. The zero-order valence-corrected chi connectivity index (χ0v) is 20.1. The summed E-state index contributed by atoms with van der Waals surface area (Å²) in [6.45, 7) is 3.83. The van der Waals surface area contributed by atoms with Crippen LogP contribution in [0.4, 0.5) is 17.5 Å². The normalized spacial score (nSPS) is 24.9. The Kier molecular flexibility index (Phi) is 6.50. The van der Waals surface area contributed by atoms with E-state index in [2.05, 4.69) is 25.7 Å². The van der Waals surface area contributed by atoms with Gasteiger partial charge in [-0.1, -0.05) is 11.6 Å². The molecular weight excluding hydrogens is 470 g/mol. The van der Waals surface area contributed by atoms with Crippen molar-refractivity contribution in [2.45, 2.75) is 32.1 Å². The van der Waals surface area contributed by atoms with Gasteiger partial charge in [0.05, 0.1) is 66.4 Å². The summed E-state index contributed by atoms with van der Waals surface area (Å²) in [5.41, 5.74) is -0.207. The van der Waals surface area contributed by atoms with E-state index in [1.807, 2.05) is 13.1 Å². The molecule has 0 amide bonds. The monoisotopic (exact) mass is 495 g/mol. The number of nitrogens with one attached hydrogen (secondary N) is 2. The molecule has 33 heavy (non-hydrogen) atoms. The predicted octanol–water partition coefficient (Wildman–Crippen LogP) is 1.77. The number of hydrogen-bond donors (Lipinski definition) is 2. The molecule has 2 aliphatic heterocycles. The number of aromatic nitrogens is 4. The molecule has 0 saturated carbocycles. The lowest BCUT2D eigenvalue weighted by molar-refractivity contribution is 0.0656. The van der Waals surface area contributed by atoms with Crippen molar-refractivity contribution in [3.8, 4) is 6.07 Å². The summed E-state index contributed by atoms with van der Waals surface area (Å²) < 4.78 is 38.7. The molecule has 4 heterocycles. The molecule has 0 aliphatic carbocycles. The van der Waals surface area contributed by atoms with Crippen molar-refractivity contribution in [2.75, 3.05) is 35.4 Å². The van der Waals surface area contributed by atoms with Gasteiger partial charge in [0.2, 0.25) is 5.95 Å². The van der Waals surface area contributed by atoms with Gasteiger partial charge in [-0.15, -0.1) is 0 Å². The molecule has 11 nitrogen and oxygen atoms in total. The van der Waals surface area contributed by atoms with Crippen LogP contribution in [-0.2, 0) is 26.4 Å². The topological polar surface area (TPSA) is 144 Å². The van der Waals surface area contributed by atoms with E-state index in [1.165, 1.54) is 6.20 Å². The molecule has 0 radical (unpaired) electrons. The van der Waals surface area contributed by atoms with E-state index >= 15 is 0 Å². The van der Waals surface area contributed by atoms with Gasteiger partial charge in [0.1, 0.15) is 11.1 Å². The zero-order valence-electron chi connectivity index (χ0n) is 18.5. The molecule has 2 unspecified atom stereocenters. The van der Waals surface area contributed by atoms with E-state index in [-0.39, 0.29) is 42.3 Å². The summed E-state index contributed by atoms with van der Waals surface area (Å²) in [6, 6.07) is 1.79. The molecule has 2 aromatic rings. The summed E-state index contributed by atoms with van der Waals surface area (Å²) in [7, 11) is -1.64. The lowest BCUT2D eigenvalue weighted by atomic mass is 10.00. The molecule has 2 aliphatic rings. The van der Waals surface area contributed by atoms with Crippen LogP contribution in [0.1, 0.15) is 13.8 Å². The van der Waals surface area contributed by atoms with Crippen molar-refractivity contribution in [2.24, 2.45) is 18.4 Å². The first-order valence-electron chi connectivity index (χ1n) is 10.4. The average Bonchev–Trinajstić information content (AvgIpc) is 3.42. The number of sulfone groups is 1. The average molecular weight is 496 g/mol. The minimum absolute atomic E-state index is 0.0839. The molecule has 2 N–H and O–H groups in total. The minimum atomic E-state index is -3.45. The van der Waals surface area contributed by atoms with Gasteiger partial charge in [0, 0.05) is 19.2 Å². The quantitative estimate of drug-likeness (QED) is 0.555. The number of fused-ring (bicyclic) bond motifs is 1. The molecular formula is C20H26ClN7O4S. The third kappa shape index (κ3) is 5.55. The van der Waals surface area contributed by atoms with E-state index in [4.69, 9.17) is 26.3 Å². The second-order valence-electron chi connectivity index (χ2n) is 9.07. The van der Waals surface area contributed by atoms with Crippen LogP contribution in [0.25, 0.3) is 0 Å². The van der Waals surface area contributed by atoms with Crippen LogP contribution in [0.5, 0.6) is 0 Å². The highest BCUT2D eigenvalue weighted by Crippen LogP contribution is 2.35. The van der Waals surface area contributed by atoms with Gasteiger partial charge in [0.25, 0.3) is 0 Å². The first kappa shape index (κ1) is 23.7. The fourth-order valence-electron chi connectivity index (χ4n) is 4.13. The van der Waals surface area contributed by atoms with Gasteiger partial charge < -0.3 is 20.1 Å². The highest BCUT2D eigenvalue weighted by atomic mass is 35.5. The molecule has 4 atom stereocenters. The Morgan fingerprint density at radius 3 is 2.76 bits per heavy atom. The second-order valence-corrected chi connectivity index (χ2v) is 11.6. The highest BCUT2D eigenvalue weighted by Gasteiger charge is 2.49. The van der Waals surface area contributed by atoms with Gasteiger partial charge >= 0.3 is 0 Å². The molecule has 13 heteroatoms. The van der Waals surface area contributed by atoms with Crippen LogP contribution in [0.2, 0.25) is 5.02 Å². The van der Waals surface area contributed by atoms with Crippen LogP contribution in [0.3, 0.4) is 0 Å². The molecule has 178 valence electrons. The van der Waals surface area contributed by atoms with Gasteiger partial charge in [-0.2, -0.15) is 15.3 Å². The first-order chi connectivity index (χ1) is 15.5. The number of ether oxygens (including phenoxy) is 2. The number of nitriles is 1. The SMILES string of the molecule is Cn1cc(Nc2ncc(Cl)c(N[C@@H]3COC4C3OC[C@@H]4CS(=O)(=O)CC(C)(C)C#N)n2)cn1. The largest absolute Gasteiger partial charge is 0.373 e. The molecule has 2 fully saturated rings. The first-order valence-corrected chi connectivity index (χ1v) is 12.6. The predicted molar refractivity (Wildman–Crippen MR) is 122 cm³/mol. The van der Waals surface area contributed by atoms with Crippen LogP contribution >= 0.6 is 11.6 Å². The fourth-order valence-corrected chi connectivity index (χ4v) is 6.50. The highest BCUT2D eigenvalue weighted by molar-refractivity contribution is 7.91. The molecule has 2 saturated heterocycles. The van der Waals surface area contributed by atoms with E-state index in [1.54, 1.807) is 30.9 Å². The van der Waals surface area contributed by atoms with E-state index < -0.39 is 15.3 Å². The van der Waals surface area contributed by atoms with Crippen LogP contribution < -0.4 is 10.6 Å². The Bertz CT molecular complexity index is 1160. The number of halogens is 1. The summed E-state index contributed by atoms with van der Waals surface area (Å²) >= 11 is 6.30. The number of hydrogen-bond acceptors (Lipinski definition) is 10. The standard InChI is InChI=1S/C20H26ClN7O4S/c1-20(2,10-22)11-33(29,30)9-12-7-31-17-15(8-32-16(12)17)26-18-14(21)5-23-19(27-18)25-13-4-24-28(3)6-13/h4-6,12,15-17H,7-9,11H2,1-3H3,(H2,23,25,26,27)/t12-,15-,16?,17?/m1/s1. The van der Waals surface area contributed by atoms with E-state index in [0.717, 1.165) is 5.69 Å². The molecule has 4 rings (SSSR count). The maximum atomic E-state index is 12.6. The molecule has 2 aromatic heterocycles. The summed E-state index contributed by atoms with van der Waals surface area (Å²) in [4.78, 5) is 8.63. The third-order valence-electron chi connectivity index (χ3n) is 5.53.